The average molecular weight is 160 g/mol. The lowest BCUT2D eigenvalue weighted by molar-refractivity contribution is -0.870. The third-order valence-corrected chi connectivity index (χ3v) is 1.74. The lowest BCUT2D eigenvalue weighted by atomic mass is 10.2. The van der Waals surface area contributed by atoms with Gasteiger partial charge in [0, 0.05) is 6.61 Å². The molecule has 0 aliphatic heterocycles. The molecular weight excluding hydrogens is 138 g/mol. The number of rotatable bonds is 6. The highest BCUT2D eigenvalue weighted by Gasteiger charge is 2.04. The molecule has 0 fully saturated rings. The molecule has 0 unspecified atom stereocenters. The van der Waals surface area contributed by atoms with Gasteiger partial charge in [0.15, 0.2) is 0 Å². The first-order valence-electron chi connectivity index (χ1n) is 4.47. The molecule has 0 aliphatic rings. The van der Waals surface area contributed by atoms with Gasteiger partial charge in [-0.1, -0.05) is 6.42 Å². The van der Waals surface area contributed by atoms with Crippen LogP contribution in [-0.2, 0) is 0 Å². The van der Waals surface area contributed by atoms with E-state index in [1.807, 2.05) is 0 Å². The molecule has 0 aromatic rings. The zero-order valence-electron chi connectivity index (χ0n) is 8.14. The molecule has 68 valence electrons. The molecule has 2 heteroatoms. The van der Waals surface area contributed by atoms with Crippen molar-refractivity contribution < 1.29 is 9.59 Å². The van der Waals surface area contributed by atoms with Crippen LogP contribution in [0.4, 0.5) is 0 Å². The lowest BCUT2D eigenvalue weighted by Gasteiger charge is -2.23. The number of aliphatic hydroxyl groups is 1. The predicted molar refractivity (Wildman–Crippen MR) is 48.5 cm³/mol. The second-order valence-corrected chi connectivity index (χ2v) is 4.15. The van der Waals surface area contributed by atoms with Crippen LogP contribution < -0.4 is 0 Å². The van der Waals surface area contributed by atoms with Gasteiger partial charge in [-0.2, -0.15) is 0 Å². The van der Waals surface area contributed by atoms with Crippen LogP contribution in [0.25, 0.3) is 0 Å². The average Bonchev–Trinajstić information content (AvgIpc) is 1.85. The zero-order valence-corrected chi connectivity index (χ0v) is 8.14. The van der Waals surface area contributed by atoms with Crippen LogP contribution in [0, 0.1) is 0 Å². The minimum atomic E-state index is 0.352. The van der Waals surface area contributed by atoms with Gasteiger partial charge in [-0.15, -0.1) is 0 Å². The maximum atomic E-state index is 8.52. The Balaban J connectivity index is 3.02. The molecule has 0 aromatic heterocycles. The van der Waals surface area contributed by atoms with E-state index in [2.05, 4.69) is 21.1 Å². The second-order valence-electron chi connectivity index (χ2n) is 4.15. The van der Waals surface area contributed by atoms with Crippen molar-refractivity contribution in [2.75, 3.05) is 34.3 Å². The van der Waals surface area contributed by atoms with Crippen molar-refractivity contribution in [1.82, 2.24) is 0 Å². The standard InChI is InChI=1S/C9H22NO/c1-10(2,3)8-6-4-5-7-9-11/h11H,4-9H2,1-3H3/q+1. The van der Waals surface area contributed by atoms with Crippen LogP contribution in [0.1, 0.15) is 25.7 Å². The highest BCUT2D eigenvalue weighted by atomic mass is 16.2. The summed E-state index contributed by atoms with van der Waals surface area (Å²) in [5.41, 5.74) is 0. The Bertz CT molecular complexity index is 86.1. The van der Waals surface area contributed by atoms with Crippen LogP contribution in [0.15, 0.2) is 0 Å². The number of nitrogens with zero attached hydrogens (tertiary/aromatic N) is 1. The third-order valence-electron chi connectivity index (χ3n) is 1.74. The van der Waals surface area contributed by atoms with E-state index in [0.29, 0.717) is 6.61 Å². The van der Waals surface area contributed by atoms with Gasteiger partial charge in [0.2, 0.25) is 0 Å². The van der Waals surface area contributed by atoms with E-state index >= 15 is 0 Å². The summed E-state index contributed by atoms with van der Waals surface area (Å²) in [6.07, 6.45) is 4.69. The summed E-state index contributed by atoms with van der Waals surface area (Å²) in [6, 6.07) is 0. The quantitative estimate of drug-likeness (QED) is 0.458. The zero-order chi connectivity index (χ0) is 8.74. The van der Waals surface area contributed by atoms with Gasteiger partial charge in [-0.25, -0.2) is 0 Å². The second kappa shape index (κ2) is 5.56. The van der Waals surface area contributed by atoms with Crippen molar-refractivity contribution in [3.05, 3.63) is 0 Å². The topological polar surface area (TPSA) is 20.2 Å². The molecule has 0 spiro atoms. The Hall–Kier alpha value is -0.0800. The third kappa shape index (κ3) is 9.92. The Morgan fingerprint density at radius 3 is 1.91 bits per heavy atom. The highest BCUT2D eigenvalue weighted by Crippen LogP contribution is 2.02. The van der Waals surface area contributed by atoms with Gasteiger partial charge in [0.05, 0.1) is 27.7 Å². The maximum Gasteiger partial charge on any atom is 0.0780 e. The number of hydrogen-bond donors (Lipinski definition) is 1. The fraction of sp³-hybridized carbons (Fsp3) is 1.00. The monoisotopic (exact) mass is 160 g/mol. The molecule has 0 saturated carbocycles. The minimum Gasteiger partial charge on any atom is -0.396 e. The fourth-order valence-electron chi connectivity index (χ4n) is 1.05. The Morgan fingerprint density at radius 2 is 1.45 bits per heavy atom. The summed E-state index contributed by atoms with van der Waals surface area (Å²) in [5.74, 6) is 0. The summed E-state index contributed by atoms with van der Waals surface area (Å²) >= 11 is 0. The van der Waals surface area contributed by atoms with Crippen molar-refractivity contribution in [3.8, 4) is 0 Å². The van der Waals surface area contributed by atoms with E-state index in [-0.39, 0.29) is 0 Å². The molecule has 0 amide bonds. The first kappa shape index (κ1) is 10.9. The van der Waals surface area contributed by atoms with Gasteiger partial charge in [0.25, 0.3) is 0 Å². The summed E-state index contributed by atoms with van der Waals surface area (Å²) in [6.45, 7) is 1.59. The summed E-state index contributed by atoms with van der Waals surface area (Å²) in [4.78, 5) is 0. The molecule has 0 aliphatic carbocycles. The highest BCUT2D eigenvalue weighted by molar-refractivity contribution is 4.40. The van der Waals surface area contributed by atoms with Gasteiger partial charge in [-0.3, -0.25) is 0 Å². The summed E-state index contributed by atoms with van der Waals surface area (Å²) in [7, 11) is 6.64. The predicted octanol–water partition coefficient (Wildman–Crippen LogP) is 1.25. The lowest BCUT2D eigenvalue weighted by Crippen LogP contribution is -2.35. The van der Waals surface area contributed by atoms with Crippen molar-refractivity contribution >= 4 is 0 Å². The minimum absolute atomic E-state index is 0.352. The molecule has 0 atom stereocenters. The SMILES string of the molecule is C[N+](C)(C)CCCCCCO. The fourth-order valence-corrected chi connectivity index (χ4v) is 1.05. The van der Waals surface area contributed by atoms with Crippen LogP contribution in [-0.4, -0.2) is 43.9 Å². The van der Waals surface area contributed by atoms with E-state index in [4.69, 9.17) is 5.11 Å². The Labute approximate surface area is 70.4 Å². The normalized spacial score (nSPS) is 12.0. The molecule has 1 N–H and O–H groups in total. The molecule has 0 saturated heterocycles. The van der Waals surface area contributed by atoms with Crippen molar-refractivity contribution in [1.29, 1.82) is 0 Å². The van der Waals surface area contributed by atoms with E-state index in [0.717, 1.165) is 10.9 Å². The van der Waals surface area contributed by atoms with E-state index in [1.54, 1.807) is 0 Å². The molecule has 11 heavy (non-hydrogen) atoms. The molecule has 0 rings (SSSR count). The molecule has 0 aromatic carbocycles. The van der Waals surface area contributed by atoms with Gasteiger partial charge >= 0.3 is 0 Å². The first-order valence-corrected chi connectivity index (χ1v) is 4.47. The molecule has 0 heterocycles. The first-order chi connectivity index (χ1) is 5.06. The smallest absolute Gasteiger partial charge is 0.0780 e. The largest absolute Gasteiger partial charge is 0.396 e. The molecule has 0 bridgehead atoms. The van der Waals surface area contributed by atoms with E-state index in [9.17, 15) is 0 Å². The van der Waals surface area contributed by atoms with E-state index in [1.165, 1.54) is 25.8 Å². The van der Waals surface area contributed by atoms with Crippen molar-refractivity contribution in [2.24, 2.45) is 0 Å². The Kier molecular flexibility index (Phi) is 5.51. The van der Waals surface area contributed by atoms with Crippen LogP contribution in [0.2, 0.25) is 0 Å². The summed E-state index contributed by atoms with van der Waals surface area (Å²) in [5, 5.41) is 8.52. The Morgan fingerprint density at radius 1 is 0.909 bits per heavy atom. The van der Waals surface area contributed by atoms with Crippen LogP contribution in [0.3, 0.4) is 0 Å². The van der Waals surface area contributed by atoms with Crippen molar-refractivity contribution in [2.45, 2.75) is 25.7 Å². The summed E-state index contributed by atoms with van der Waals surface area (Å²) < 4.78 is 1.05. The van der Waals surface area contributed by atoms with E-state index < -0.39 is 0 Å². The number of hydrogen-bond acceptors (Lipinski definition) is 1. The van der Waals surface area contributed by atoms with Gasteiger partial charge in [0.1, 0.15) is 0 Å². The maximum absolute atomic E-state index is 8.52. The van der Waals surface area contributed by atoms with Crippen LogP contribution >= 0.6 is 0 Å². The van der Waals surface area contributed by atoms with Gasteiger partial charge < -0.3 is 9.59 Å². The molecular formula is C9H22NO+. The molecule has 0 radical (unpaired) electrons. The number of unbranched alkanes of at least 4 members (excludes halogenated alkanes) is 3. The number of aliphatic hydroxyl groups excluding tert-OH is 1. The van der Waals surface area contributed by atoms with Gasteiger partial charge in [-0.05, 0) is 19.3 Å². The van der Waals surface area contributed by atoms with Crippen molar-refractivity contribution in [3.63, 3.8) is 0 Å². The number of quaternary nitrogens is 1. The van der Waals surface area contributed by atoms with Crippen LogP contribution in [0.5, 0.6) is 0 Å². The molecule has 2 nitrogen and oxygen atoms in total.